The molecule has 1 saturated heterocycles. The van der Waals surface area contributed by atoms with E-state index in [0.29, 0.717) is 0 Å². The highest BCUT2D eigenvalue weighted by atomic mass is 32.1. The number of para-hydroxylation sites is 1. The third-order valence-electron chi connectivity index (χ3n) is 6.10. The number of likely N-dealkylation sites (tertiary alicyclic amines) is 1. The lowest BCUT2D eigenvalue weighted by atomic mass is 9.73. The van der Waals surface area contributed by atoms with Crippen LogP contribution in [-0.2, 0) is 21.5 Å². The predicted octanol–water partition coefficient (Wildman–Crippen LogP) is 4.99. The molecule has 178 valence electrons. The van der Waals surface area contributed by atoms with Crippen molar-refractivity contribution in [3.63, 3.8) is 0 Å². The van der Waals surface area contributed by atoms with E-state index < -0.39 is 12.1 Å². The van der Waals surface area contributed by atoms with Crippen LogP contribution in [0.1, 0.15) is 24.1 Å². The van der Waals surface area contributed by atoms with Gasteiger partial charge in [-0.1, -0.05) is 24.3 Å². The third-order valence-corrected chi connectivity index (χ3v) is 6.77. The molecule has 1 aromatic carbocycles. The summed E-state index contributed by atoms with van der Waals surface area (Å²) in [6.07, 6.45) is -1.52. The van der Waals surface area contributed by atoms with Crippen molar-refractivity contribution in [3.05, 3.63) is 76.7 Å². The molecule has 3 aromatic rings. The maximum absolute atomic E-state index is 13.6. The van der Waals surface area contributed by atoms with Crippen LogP contribution in [0.5, 0.6) is 0 Å². The largest absolute Gasteiger partial charge is 0.490 e. The number of anilines is 2. The Balaban J connectivity index is 0.000000344. The first kappa shape index (κ1) is 23.9. The number of pyridine rings is 1. The number of benzene rings is 1. The molecule has 1 N–H and O–H groups in total. The van der Waals surface area contributed by atoms with Gasteiger partial charge in [0.2, 0.25) is 5.91 Å². The zero-order chi connectivity index (χ0) is 24.3. The Morgan fingerprint density at radius 2 is 1.76 bits per heavy atom. The van der Waals surface area contributed by atoms with Crippen LogP contribution in [-0.4, -0.2) is 46.1 Å². The first-order valence-corrected chi connectivity index (χ1v) is 11.6. The van der Waals surface area contributed by atoms with Gasteiger partial charge in [0.15, 0.2) is 0 Å². The number of alkyl halides is 3. The van der Waals surface area contributed by atoms with Gasteiger partial charge in [-0.3, -0.25) is 19.6 Å². The number of halogens is 3. The highest BCUT2D eigenvalue weighted by Gasteiger charge is 2.52. The normalized spacial score (nSPS) is 17.3. The van der Waals surface area contributed by atoms with Gasteiger partial charge in [-0.25, -0.2) is 4.79 Å². The molecule has 4 heterocycles. The molecule has 6 nitrogen and oxygen atoms in total. The molecule has 0 radical (unpaired) electrons. The lowest BCUT2D eigenvalue weighted by Crippen LogP contribution is -2.47. The van der Waals surface area contributed by atoms with Crippen molar-refractivity contribution in [2.24, 2.45) is 0 Å². The van der Waals surface area contributed by atoms with Crippen LogP contribution >= 0.6 is 11.3 Å². The molecule has 10 heteroatoms. The number of piperidine rings is 1. The highest BCUT2D eigenvalue weighted by molar-refractivity contribution is 7.08. The van der Waals surface area contributed by atoms with Gasteiger partial charge in [0, 0.05) is 18.1 Å². The van der Waals surface area contributed by atoms with Gasteiger partial charge < -0.3 is 5.11 Å². The second-order valence-corrected chi connectivity index (χ2v) is 8.90. The monoisotopic (exact) mass is 489 g/mol. The SMILES string of the molecule is O=C(O)C(F)(F)F.O=C1N(c2ccsc2)c2ccccc2C12CCN(Cc1ccccn1)CC2. The van der Waals surface area contributed by atoms with Crippen molar-refractivity contribution in [1.82, 2.24) is 9.88 Å². The van der Waals surface area contributed by atoms with Crippen LogP contribution < -0.4 is 4.90 Å². The van der Waals surface area contributed by atoms with Crippen molar-refractivity contribution >= 4 is 34.6 Å². The summed E-state index contributed by atoms with van der Waals surface area (Å²) in [7, 11) is 0. The van der Waals surface area contributed by atoms with Gasteiger partial charge >= 0.3 is 12.1 Å². The Hall–Kier alpha value is -3.24. The molecule has 0 aliphatic carbocycles. The molecule has 34 heavy (non-hydrogen) atoms. The first-order chi connectivity index (χ1) is 16.2. The number of aliphatic carboxylic acids is 1. The van der Waals surface area contributed by atoms with Gasteiger partial charge in [-0.15, -0.1) is 0 Å². The highest BCUT2D eigenvalue weighted by Crippen LogP contribution is 2.50. The molecule has 0 atom stereocenters. The molecule has 1 fully saturated rings. The molecule has 2 aliphatic heterocycles. The Labute approximate surface area is 198 Å². The van der Waals surface area contributed by atoms with Crippen LogP contribution in [0.15, 0.2) is 65.5 Å². The summed E-state index contributed by atoms with van der Waals surface area (Å²) < 4.78 is 31.7. The topological polar surface area (TPSA) is 73.7 Å². The number of amides is 1. The van der Waals surface area contributed by atoms with Gasteiger partial charge in [-0.2, -0.15) is 24.5 Å². The summed E-state index contributed by atoms with van der Waals surface area (Å²) in [5, 5.41) is 11.2. The van der Waals surface area contributed by atoms with E-state index in [-0.39, 0.29) is 11.3 Å². The number of carbonyl (C=O) groups is 2. The lowest BCUT2D eigenvalue weighted by molar-refractivity contribution is -0.192. The molecular weight excluding hydrogens is 467 g/mol. The Morgan fingerprint density at radius 1 is 1.09 bits per heavy atom. The van der Waals surface area contributed by atoms with Crippen LogP contribution in [0.4, 0.5) is 24.5 Å². The zero-order valence-electron chi connectivity index (χ0n) is 18.0. The summed E-state index contributed by atoms with van der Waals surface area (Å²) in [5.41, 5.74) is 3.94. The summed E-state index contributed by atoms with van der Waals surface area (Å²) >= 11 is 1.63. The smallest absolute Gasteiger partial charge is 0.475 e. The van der Waals surface area contributed by atoms with E-state index in [1.807, 2.05) is 40.7 Å². The molecule has 2 aliphatic rings. The summed E-state index contributed by atoms with van der Waals surface area (Å²) in [4.78, 5) is 31.3. The van der Waals surface area contributed by atoms with E-state index in [2.05, 4.69) is 39.5 Å². The van der Waals surface area contributed by atoms with Crippen LogP contribution in [0.25, 0.3) is 0 Å². The number of rotatable bonds is 3. The summed E-state index contributed by atoms with van der Waals surface area (Å²) in [5.74, 6) is -2.52. The minimum atomic E-state index is -5.08. The minimum Gasteiger partial charge on any atom is -0.475 e. The van der Waals surface area contributed by atoms with Crippen LogP contribution in [0.3, 0.4) is 0 Å². The average molecular weight is 490 g/mol. The number of carboxylic acid groups (broad SMARTS) is 1. The number of nitrogens with zero attached hydrogens (tertiary/aromatic N) is 3. The molecule has 0 bridgehead atoms. The summed E-state index contributed by atoms with van der Waals surface area (Å²) in [6.45, 7) is 2.67. The first-order valence-electron chi connectivity index (χ1n) is 10.6. The van der Waals surface area contributed by atoms with Crippen molar-refractivity contribution in [2.45, 2.75) is 31.0 Å². The summed E-state index contributed by atoms with van der Waals surface area (Å²) in [6, 6.07) is 16.4. The van der Waals surface area contributed by atoms with E-state index in [4.69, 9.17) is 9.90 Å². The van der Waals surface area contributed by atoms with Gasteiger partial charge in [0.05, 0.1) is 22.5 Å². The second-order valence-electron chi connectivity index (χ2n) is 8.12. The van der Waals surface area contributed by atoms with E-state index in [1.54, 1.807) is 11.3 Å². The molecule has 2 aromatic heterocycles. The van der Waals surface area contributed by atoms with Crippen molar-refractivity contribution in [2.75, 3.05) is 18.0 Å². The third kappa shape index (κ3) is 4.69. The van der Waals surface area contributed by atoms with Crippen molar-refractivity contribution in [1.29, 1.82) is 0 Å². The van der Waals surface area contributed by atoms with E-state index in [1.165, 1.54) is 5.56 Å². The fraction of sp³-hybridized carbons (Fsp3) is 0.292. The Kier molecular flexibility index (Phi) is 6.72. The number of hydrogen-bond donors (Lipinski definition) is 1. The predicted molar refractivity (Wildman–Crippen MR) is 122 cm³/mol. The number of carboxylic acids is 1. The molecule has 1 amide bonds. The molecule has 0 saturated carbocycles. The fourth-order valence-corrected chi connectivity index (χ4v) is 5.07. The maximum Gasteiger partial charge on any atom is 0.490 e. The molecule has 1 spiro atoms. The standard InChI is InChI=1S/C22H21N3OS.C2HF3O2/c26-21-22(9-12-24(13-10-22)15-17-5-3-4-11-23-17)19-6-1-2-7-20(19)25(21)18-8-14-27-16-18;3-2(4,5)1(6)7/h1-8,11,14,16H,9-10,12-13,15H2;(H,6,7). The Bertz CT molecular complexity index is 1150. The van der Waals surface area contributed by atoms with Gasteiger partial charge in [-0.05, 0) is 61.1 Å². The van der Waals surface area contributed by atoms with Gasteiger partial charge in [0.25, 0.3) is 0 Å². The number of fused-ring (bicyclic) bond motifs is 2. The van der Waals surface area contributed by atoms with Crippen LogP contribution in [0.2, 0.25) is 0 Å². The number of carbonyl (C=O) groups excluding carboxylic acids is 1. The maximum atomic E-state index is 13.6. The molecular formula is C24H22F3N3O3S. The van der Waals surface area contributed by atoms with Crippen molar-refractivity contribution in [3.8, 4) is 0 Å². The van der Waals surface area contributed by atoms with E-state index in [0.717, 1.165) is 49.5 Å². The molecule has 0 unspecified atom stereocenters. The van der Waals surface area contributed by atoms with E-state index >= 15 is 0 Å². The van der Waals surface area contributed by atoms with Gasteiger partial charge in [0.1, 0.15) is 0 Å². The molecule has 5 rings (SSSR count). The zero-order valence-corrected chi connectivity index (χ0v) is 18.9. The number of thiophene rings is 1. The lowest BCUT2D eigenvalue weighted by Gasteiger charge is -2.38. The average Bonchev–Trinajstić information content (AvgIpc) is 3.42. The van der Waals surface area contributed by atoms with E-state index in [9.17, 15) is 18.0 Å². The quantitative estimate of drug-likeness (QED) is 0.561. The number of aromatic nitrogens is 1. The Morgan fingerprint density at radius 3 is 2.35 bits per heavy atom. The fourth-order valence-electron chi connectivity index (χ4n) is 4.45. The number of hydrogen-bond acceptors (Lipinski definition) is 5. The second kappa shape index (κ2) is 9.55. The minimum absolute atomic E-state index is 0.236. The van der Waals surface area contributed by atoms with Crippen LogP contribution in [0, 0.1) is 0 Å². The van der Waals surface area contributed by atoms with Crippen molar-refractivity contribution < 1.29 is 27.9 Å².